The molecule has 1 aromatic carbocycles. The summed E-state index contributed by atoms with van der Waals surface area (Å²) in [6.07, 6.45) is 1.10. The molecule has 0 spiro atoms. The van der Waals surface area contributed by atoms with Gasteiger partial charge in [-0.15, -0.1) is 0 Å². The number of morpholine rings is 1. The molecular formula is C20H24F2N4O4. The van der Waals surface area contributed by atoms with Crippen LogP contribution in [-0.2, 0) is 17.8 Å². The standard InChI is InChI=1S/C20H24F2N4O4/c1-23-19(27)14-7-15(30-12-14)8-24-20(28)25-9-16-11-26(4-5-29-16)10-13-2-3-17(21)18(22)6-13/h2-3,6-7,12,16H,4-5,8-11H2,1H3,(H,23,27)(H2,24,25,28)/t16-/m0/s1. The minimum absolute atomic E-state index is 0.136. The van der Waals surface area contributed by atoms with Crippen molar-refractivity contribution >= 4 is 11.9 Å². The van der Waals surface area contributed by atoms with E-state index in [9.17, 15) is 18.4 Å². The minimum atomic E-state index is -0.867. The van der Waals surface area contributed by atoms with Gasteiger partial charge in [-0.1, -0.05) is 6.07 Å². The second-order valence-electron chi connectivity index (χ2n) is 6.92. The van der Waals surface area contributed by atoms with Crippen LogP contribution in [0.2, 0.25) is 0 Å². The summed E-state index contributed by atoms with van der Waals surface area (Å²) in [5.41, 5.74) is 1.06. The summed E-state index contributed by atoms with van der Waals surface area (Å²) in [7, 11) is 1.52. The molecular weight excluding hydrogens is 398 g/mol. The van der Waals surface area contributed by atoms with Crippen LogP contribution in [0.3, 0.4) is 0 Å². The van der Waals surface area contributed by atoms with Crippen molar-refractivity contribution in [2.75, 3.05) is 33.3 Å². The highest BCUT2D eigenvalue weighted by Gasteiger charge is 2.21. The Morgan fingerprint density at radius 1 is 1.20 bits per heavy atom. The number of benzene rings is 1. The average Bonchev–Trinajstić information content (AvgIpc) is 3.22. The highest BCUT2D eigenvalue weighted by molar-refractivity contribution is 5.93. The Kier molecular flexibility index (Phi) is 7.36. The smallest absolute Gasteiger partial charge is 0.315 e. The number of ether oxygens (including phenoxy) is 1. The van der Waals surface area contributed by atoms with Crippen molar-refractivity contribution in [1.82, 2.24) is 20.9 Å². The number of nitrogens with zero attached hydrogens (tertiary/aromatic N) is 1. The molecule has 1 fully saturated rings. The van der Waals surface area contributed by atoms with Crippen molar-refractivity contribution in [1.29, 1.82) is 0 Å². The average molecular weight is 422 g/mol. The van der Waals surface area contributed by atoms with Crippen molar-refractivity contribution in [3.05, 3.63) is 59.1 Å². The van der Waals surface area contributed by atoms with E-state index in [1.807, 2.05) is 0 Å². The van der Waals surface area contributed by atoms with E-state index in [-0.39, 0.29) is 18.6 Å². The molecule has 1 saturated heterocycles. The van der Waals surface area contributed by atoms with Crippen LogP contribution in [0.15, 0.2) is 34.9 Å². The van der Waals surface area contributed by atoms with E-state index in [0.29, 0.717) is 49.7 Å². The summed E-state index contributed by atoms with van der Waals surface area (Å²) in [5.74, 6) is -1.55. The van der Waals surface area contributed by atoms with E-state index in [4.69, 9.17) is 9.15 Å². The number of urea groups is 1. The van der Waals surface area contributed by atoms with Crippen LogP contribution in [0.1, 0.15) is 21.7 Å². The summed E-state index contributed by atoms with van der Waals surface area (Å²) >= 11 is 0. The number of furan rings is 1. The second kappa shape index (κ2) is 10.2. The predicted molar refractivity (Wildman–Crippen MR) is 104 cm³/mol. The lowest BCUT2D eigenvalue weighted by atomic mass is 10.1. The number of carbonyl (C=O) groups is 2. The lowest BCUT2D eigenvalue weighted by Gasteiger charge is -2.33. The van der Waals surface area contributed by atoms with Gasteiger partial charge in [0, 0.05) is 33.2 Å². The minimum Gasteiger partial charge on any atom is -0.467 e. The Bertz CT molecular complexity index is 889. The normalized spacial score (nSPS) is 16.8. The lowest BCUT2D eigenvalue weighted by molar-refractivity contribution is -0.0287. The summed E-state index contributed by atoms with van der Waals surface area (Å²) in [4.78, 5) is 25.6. The topological polar surface area (TPSA) is 95.8 Å². The van der Waals surface area contributed by atoms with Crippen LogP contribution in [0.5, 0.6) is 0 Å². The molecule has 2 aromatic rings. The summed E-state index contributed by atoms with van der Waals surface area (Å²) in [5, 5.41) is 7.87. The number of carbonyl (C=O) groups excluding carboxylic acids is 2. The van der Waals surface area contributed by atoms with E-state index in [1.54, 1.807) is 12.1 Å². The van der Waals surface area contributed by atoms with Crippen molar-refractivity contribution in [2.45, 2.75) is 19.2 Å². The van der Waals surface area contributed by atoms with Gasteiger partial charge in [0.15, 0.2) is 11.6 Å². The van der Waals surface area contributed by atoms with Crippen molar-refractivity contribution < 1.29 is 27.5 Å². The van der Waals surface area contributed by atoms with Gasteiger partial charge < -0.3 is 25.1 Å². The van der Waals surface area contributed by atoms with E-state index < -0.39 is 17.7 Å². The Balaban J connectivity index is 1.40. The van der Waals surface area contributed by atoms with E-state index in [2.05, 4.69) is 20.9 Å². The highest BCUT2D eigenvalue weighted by Crippen LogP contribution is 2.13. The fraction of sp³-hybridized carbons (Fsp3) is 0.400. The number of rotatable bonds is 7. The maximum atomic E-state index is 13.4. The van der Waals surface area contributed by atoms with E-state index in [0.717, 1.165) is 6.07 Å². The van der Waals surface area contributed by atoms with Crippen LogP contribution in [0, 0.1) is 11.6 Å². The molecule has 3 N–H and O–H groups in total. The number of amides is 3. The number of hydrogen-bond donors (Lipinski definition) is 3. The van der Waals surface area contributed by atoms with Crippen LogP contribution in [0.25, 0.3) is 0 Å². The molecule has 0 bridgehead atoms. The third kappa shape index (κ3) is 6.01. The van der Waals surface area contributed by atoms with Gasteiger partial charge in [0.25, 0.3) is 5.91 Å². The SMILES string of the molecule is CNC(=O)c1coc(CNC(=O)NC[C@H]2CN(Cc3ccc(F)c(F)c3)CCO2)c1. The molecule has 0 unspecified atom stereocenters. The van der Waals surface area contributed by atoms with Gasteiger partial charge in [-0.2, -0.15) is 0 Å². The van der Waals surface area contributed by atoms with Gasteiger partial charge in [-0.3, -0.25) is 9.69 Å². The fourth-order valence-corrected chi connectivity index (χ4v) is 3.12. The molecule has 8 nitrogen and oxygen atoms in total. The molecule has 10 heteroatoms. The number of nitrogens with one attached hydrogen (secondary N) is 3. The molecule has 0 aliphatic carbocycles. The zero-order valence-corrected chi connectivity index (χ0v) is 16.5. The zero-order valence-electron chi connectivity index (χ0n) is 16.5. The van der Waals surface area contributed by atoms with Gasteiger partial charge in [-0.05, 0) is 23.8 Å². The molecule has 3 amide bonds. The second-order valence-corrected chi connectivity index (χ2v) is 6.92. The zero-order chi connectivity index (χ0) is 21.5. The molecule has 3 rings (SSSR count). The van der Waals surface area contributed by atoms with Gasteiger partial charge in [0.2, 0.25) is 0 Å². The van der Waals surface area contributed by atoms with Crippen LogP contribution < -0.4 is 16.0 Å². The van der Waals surface area contributed by atoms with Crippen molar-refractivity contribution in [3.63, 3.8) is 0 Å². The Labute approximate surface area is 172 Å². The molecule has 1 aliphatic heterocycles. The molecule has 1 atom stereocenters. The summed E-state index contributed by atoms with van der Waals surface area (Å²) in [6, 6.07) is 5.02. The first-order valence-electron chi connectivity index (χ1n) is 9.53. The third-order valence-corrected chi connectivity index (χ3v) is 4.67. The van der Waals surface area contributed by atoms with Gasteiger partial charge in [0.1, 0.15) is 12.0 Å². The first kappa shape index (κ1) is 21.7. The largest absolute Gasteiger partial charge is 0.467 e. The van der Waals surface area contributed by atoms with Crippen LogP contribution >= 0.6 is 0 Å². The summed E-state index contributed by atoms with van der Waals surface area (Å²) < 4.78 is 37.3. The molecule has 30 heavy (non-hydrogen) atoms. The first-order valence-corrected chi connectivity index (χ1v) is 9.53. The third-order valence-electron chi connectivity index (χ3n) is 4.67. The quantitative estimate of drug-likeness (QED) is 0.630. The van der Waals surface area contributed by atoms with E-state index in [1.165, 1.54) is 19.4 Å². The molecule has 1 aromatic heterocycles. The molecule has 2 heterocycles. The van der Waals surface area contributed by atoms with Gasteiger partial charge in [0.05, 0.1) is 24.8 Å². The molecule has 162 valence electrons. The van der Waals surface area contributed by atoms with Gasteiger partial charge in [-0.25, -0.2) is 13.6 Å². The number of hydrogen-bond acceptors (Lipinski definition) is 5. The summed E-state index contributed by atoms with van der Waals surface area (Å²) in [6.45, 7) is 2.58. The highest BCUT2D eigenvalue weighted by atomic mass is 19.2. The monoisotopic (exact) mass is 422 g/mol. The molecule has 0 saturated carbocycles. The Hall–Kier alpha value is -2.98. The number of halogens is 2. The lowest BCUT2D eigenvalue weighted by Crippen LogP contribution is -2.48. The van der Waals surface area contributed by atoms with E-state index >= 15 is 0 Å². The van der Waals surface area contributed by atoms with Crippen LogP contribution in [-0.4, -0.2) is 56.2 Å². The Morgan fingerprint density at radius 2 is 2.03 bits per heavy atom. The fourth-order valence-electron chi connectivity index (χ4n) is 3.12. The molecule has 0 radical (unpaired) electrons. The molecule has 1 aliphatic rings. The van der Waals surface area contributed by atoms with Crippen LogP contribution in [0.4, 0.5) is 13.6 Å². The Morgan fingerprint density at radius 3 is 2.80 bits per heavy atom. The van der Waals surface area contributed by atoms with Gasteiger partial charge >= 0.3 is 6.03 Å². The van der Waals surface area contributed by atoms with Crippen molar-refractivity contribution in [2.24, 2.45) is 0 Å². The maximum absolute atomic E-state index is 13.4. The van der Waals surface area contributed by atoms with Crippen molar-refractivity contribution in [3.8, 4) is 0 Å². The first-order chi connectivity index (χ1) is 14.4. The predicted octanol–water partition coefficient (Wildman–Crippen LogP) is 1.62. The maximum Gasteiger partial charge on any atom is 0.315 e.